The first-order chi connectivity index (χ1) is 11.2. The molecule has 0 heterocycles. The van der Waals surface area contributed by atoms with Gasteiger partial charge in [0.25, 0.3) is 0 Å². The summed E-state index contributed by atoms with van der Waals surface area (Å²) in [6.07, 6.45) is 0.334. The van der Waals surface area contributed by atoms with Crippen molar-refractivity contribution in [2.75, 3.05) is 20.1 Å². The van der Waals surface area contributed by atoms with E-state index in [-0.39, 0.29) is 12.1 Å². The van der Waals surface area contributed by atoms with Crippen LogP contribution in [0.15, 0.2) is 24.3 Å². The minimum Gasteiger partial charge on any atom is -0.444 e. The molecule has 0 aromatic heterocycles. The number of likely N-dealkylation sites (N-methyl/N-ethyl adjacent to an activating group) is 1. The van der Waals surface area contributed by atoms with E-state index < -0.39 is 11.7 Å². The van der Waals surface area contributed by atoms with Crippen molar-refractivity contribution >= 4 is 17.7 Å². The van der Waals surface area contributed by atoms with Gasteiger partial charge >= 0.3 is 6.09 Å². The molecule has 1 aromatic carbocycles. The van der Waals surface area contributed by atoms with Crippen molar-refractivity contribution < 1.29 is 9.53 Å². The largest absolute Gasteiger partial charge is 0.444 e. The molecule has 3 N–H and O–H groups in total. The fourth-order valence-corrected chi connectivity index (χ4v) is 2.79. The molecule has 0 bridgehead atoms. The van der Waals surface area contributed by atoms with Crippen LogP contribution in [0.25, 0.3) is 0 Å². The summed E-state index contributed by atoms with van der Waals surface area (Å²) < 4.78 is 5.23. The SMILES string of the molecule is CC(c1ccccc1Cl)N(C)C(CN)CCNC(=O)OC(C)(C)C. The highest BCUT2D eigenvalue weighted by Gasteiger charge is 2.22. The molecule has 136 valence electrons. The minimum atomic E-state index is -0.493. The number of hydrogen-bond donors (Lipinski definition) is 2. The third-order valence-corrected chi connectivity index (χ3v) is 4.30. The number of alkyl carbamates (subject to hydrolysis) is 1. The molecule has 0 saturated heterocycles. The monoisotopic (exact) mass is 355 g/mol. The summed E-state index contributed by atoms with van der Waals surface area (Å²) in [5.41, 5.74) is 6.50. The molecule has 1 amide bonds. The Hall–Kier alpha value is -1.30. The highest BCUT2D eigenvalue weighted by atomic mass is 35.5. The number of nitrogens with one attached hydrogen (secondary N) is 1. The molecular formula is C18H30ClN3O2. The van der Waals surface area contributed by atoms with Crippen LogP contribution in [0.5, 0.6) is 0 Å². The predicted molar refractivity (Wildman–Crippen MR) is 99.3 cm³/mol. The topological polar surface area (TPSA) is 67.6 Å². The summed E-state index contributed by atoms with van der Waals surface area (Å²) in [4.78, 5) is 13.9. The van der Waals surface area contributed by atoms with E-state index in [0.717, 1.165) is 17.0 Å². The Balaban J connectivity index is 2.56. The number of benzene rings is 1. The third-order valence-electron chi connectivity index (χ3n) is 3.96. The average Bonchev–Trinajstić information content (AvgIpc) is 2.49. The Morgan fingerprint density at radius 1 is 1.38 bits per heavy atom. The molecule has 24 heavy (non-hydrogen) atoms. The standard InChI is InChI=1S/C18H30ClN3O2/c1-13(15-8-6-7-9-16(15)19)22(5)14(12-20)10-11-21-17(23)24-18(2,3)4/h6-9,13-14H,10-12,20H2,1-5H3,(H,21,23). The zero-order chi connectivity index (χ0) is 18.3. The molecule has 5 nitrogen and oxygen atoms in total. The Labute approximate surface area is 150 Å². The highest BCUT2D eigenvalue weighted by molar-refractivity contribution is 6.31. The number of ether oxygens (including phenoxy) is 1. The number of rotatable bonds is 7. The van der Waals surface area contributed by atoms with Gasteiger partial charge in [0.2, 0.25) is 0 Å². The van der Waals surface area contributed by atoms with Gasteiger partial charge in [-0.15, -0.1) is 0 Å². The van der Waals surface area contributed by atoms with Gasteiger partial charge in [-0.25, -0.2) is 4.79 Å². The molecule has 0 saturated carbocycles. The number of hydrogen-bond acceptors (Lipinski definition) is 4. The molecule has 1 rings (SSSR count). The highest BCUT2D eigenvalue weighted by Crippen LogP contribution is 2.27. The van der Waals surface area contributed by atoms with Crippen LogP contribution in [0.3, 0.4) is 0 Å². The molecule has 0 aliphatic carbocycles. The zero-order valence-corrected chi connectivity index (χ0v) is 16.1. The van der Waals surface area contributed by atoms with Crippen LogP contribution in [0.4, 0.5) is 4.79 Å². The Morgan fingerprint density at radius 2 is 2.00 bits per heavy atom. The lowest BCUT2D eigenvalue weighted by Gasteiger charge is -2.33. The molecule has 2 unspecified atom stereocenters. The van der Waals surface area contributed by atoms with Gasteiger partial charge in [-0.1, -0.05) is 29.8 Å². The molecule has 0 aliphatic heterocycles. The quantitative estimate of drug-likeness (QED) is 0.784. The normalized spacial score (nSPS) is 14.3. The van der Waals surface area contributed by atoms with Gasteiger partial charge in [-0.2, -0.15) is 0 Å². The number of amides is 1. The van der Waals surface area contributed by atoms with E-state index in [4.69, 9.17) is 22.1 Å². The van der Waals surface area contributed by atoms with Gasteiger partial charge in [0, 0.05) is 30.2 Å². The van der Waals surface area contributed by atoms with Crippen molar-refractivity contribution in [2.24, 2.45) is 5.73 Å². The van der Waals surface area contributed by atoms with Crippen molar-refractivity contribution in [1.29, 1.82) is 0 Å². The van der Waals surface area contributed by atoms with Gasteiger partial charge < -0.3 is 15.8 Å². The van der Waals surface area contributed by atoms with Gasteiger partial charge in [0.1, 0.15) is 5.60 Å². The molecule has 1 aromatic rings. The first-order valence-electron chi connectivity index (χ1n) is 8.29. The predicted octanol–water partition coefficient (Wildman–Crippen LogP) is 3.57. The lowest BCUT2D eigenvalue weighted by Crippen LogP contribution is -2.42. The zero-order valence-electron chi connectivity index (χ0n) is 15.3. The van der Waals surface area contributed by atoms with Crippen molar-refractivity contribution in [3.05, 3.63) is 34.9 Å². The Kier molecular flexibility index (Phi) is 8.00. The number of halogens is 1. The third kappa shape index (κ3) is 6.67. The number of carbonyl (C=O) groups is 1. The number of nitrogens with two attached hydrogens (primary N) is 1. The summed E-state index contributed by atoms with van der Waals surface area (Å²) >= 11 is 6.29. The minimum absolute atomic E-state index is 0.131. The van der Waals surface area contributed by atoms with Gasteiger partial charge in [-0.3, -0.25) is 4.90 Å². The molecule has 6 heteroatoms. The molecule has 2 atom stereocenters. The van der Waals surface area contributed by atoms with E-state index in [1.807, 2.05) is 52.1 Å². The van der Waals surface area contributed by atoms with Crippen molar-refractivity contribution in [2.45, 2.75) is 51.8 Å². The van der Waals surface area contributed by atoms with Crippen LogP contribution in [0.1, 0.15) is 45.7 Å². The Morgan fingerprint density at radius 3 is 2.54 bits per heavy atom. The van der Waals surface area contributed by atoms with Crippen LogP contribution < -0.4 is 11.1 Å². The Bertz CT molecular complexity index is 531. The van der Waals surface area contributed by atoms with E-state index in [2.05, 4.69) is 17.1 Å². The second kappa shape index (κ2) is 9.25. The maximum Gasteiger partial charge on any atom is 0.407 e. The molecule has 0 spiro atoms. The van der Waals surface area contributed by atoms with E-state index >= 15 is 0 Å². The van der Waals surface area contributed by atoms with Crippen LogP contribution in [0, 0.1) is 0 Å². The first-order valence-corrected chi connectivity index (χ1v) is 8.66. The van der Waals surface area contributed by atoms with Crippen LogP contribution in [-0.2, 0) is 4.74 Å². The average molecular weight is 356 g/mol. The second-order valence-corrected chi connectivity index (χ2v) is 7.38. The van der Waals surface area contributed by atoms with Gasteiger partial charge in [-0.05, 0) is 52.8 Å². The first kappa shape index (κ1) is 20.7. The summed E-state index contributed by atoms with van der Waals surface area (Å²) in [6.45, 7) is 8.64. The summed E-state index contributed by atoms with van der Waals surface area (Å²) in [5, 5.41) is 3.53. The van der Waals surface area contributed by atoms with Crippen molar-refractivity contribution in [3.63, 3.8) is 0 Å². The fourth-order valence-electron chi connectivity index (χ4n) is 2.49. The lowest BCUT2D eigenvalue weighted by atomic mass is 10.0. The number of carbonyl (C=O) groups excluding carboxylic acids is 1. The summed E-state index contributed by atoms with van der Waals surface area (Å²) in [7, 11) is 2.03. The maximum atomic E-state index is 11.7. The molecule has 0 aliphatic rings. The molecular weight excluding hydrogens is 326 g/mol. The van der Waals surface area contributed by atoms with Gasteiger partial charge in [0.15, 0.2) is 0 Å². The molecule has 0 fully saturated rings. The van der Waals surface area contributed by atoms with Crippen molar-refractivity contribution in [3.8, 4) is 0 Å². The fraction of sp³-hybridized carbons (Fsp3) is 0.611. The smallest absolute Gasteiger partial charge is 0.407 e. The summed E-state index contributed by atoms with van der Waals surface area (Å²) in [5.74, 6) is 0. The number of nitrogens with zero attached hydrogens (tertiary/aromatic N) is 1. The maximum absolute atomic E-state index is 11.7. The van der Waals surface area contributed by atoms with Gasteiger partial charge in [0.05, 0.1) is 0 Å². The van der Waals surface area contributed by atoms with E-state index in [0.29, 0.717) is 13.1 Å². The van der Waals surface area contributed by atoms with E-state index in [9.17, 15) is 4.79 Å². The van der Waals surface area contributed by atoms with E-state index in [1.54, 1.807) is 0 Å². The van der Waals surface area contributed by atoms with Crippen LogP contribution >= 0.6 is 11.6 Å². The van der Waals surface area contributed by atoms with Crippen molar-refractivity contribution in [1.82, 2.24) is 10.2 Å². The van der Waals surface area contributed by atoms with Crippen LogP contribution in [0.2, 0.25) is 5.02 Å². The van der Waals surface area contributed by atoms with Crippen LogP contribution in [-0.4, -0.2) is 42.8 Å². The second-order valence-electron chi connectivity index (χ2n) is 6.97. The van der Waals surface area contributed by atoms with E-state index in [1.165, 1.54) is 0 Å². The molecule has 0 radical (unpaired) electrons. The lowest BCUT2D eigenvalue weighted by molar-refractivity contribution is 0.0521. The summed E-state index contributed by atoms with van der Waals surface area (Å²) in [6, 6.07) is 8.08.